The van der Waals surface area contributed by atoms with Gasteiger partial charge in [0.2, 0.25) is 0 Å². The Morgan fingerprint density at radius 2 is 1.41 bits per heavy atom. The van der Waals surface area contributed by atoms with E-state index in [1.54, 1.807) is 0 Å². The van der Waals surface area contributed by atoms with Gasteiger partial charge < -0.3 is 20.5 Å². The SMILES string of the molecule is Cc1c(N)ccc(OC[C@@H](O)CN2CCN(c3ccc(Cc4ccc(F)cc4)cc3)CC2)c1C.Cl.Cl.Cl. The summed E-state index contributed by atoms with van der Waals surface area (Å²) in [5, 5.41) is 10.5. The summed E-state index contributed by atoms with van der Waals surface area (Å²) in [4.78, 5) is 4.66. The van der Waals surface area contributed by atoms with Crippen molar-refractivity contribution >= 4 is 48.6 Å². The minimum atomic E-state index is -0.547. The summed E-state index contributed by atoms with van der Waals surface area (Å²) in [5.41, 5.74) is 12.3. The van der Waals surface area contributed by atoms with Gasteiger partial charge in [-0.05, 0) is 78.9 Å². The molecule has 1 fully saturated rings. The highest BCUT2D eigenvalue weighted by molar-refractivity contribution is 5.86. The van der Waals surface area contributed by atoms with E-state index < -0.39 is 6.10 Å². The number of piperazine rings is 1. The normalized spacial score (nSPS) is 14.1. The van der Waals surface area contributed by atoms with Crippen LogP contribution >= 0.6 is 37.2 Å². The Morgan fingerprint density at radius 3 is 2.00 bits per heavy atom. The molecule has 1 saturated heterocycles. The smallest absolute Gasteiger partial charge is 0.123 e. The Bertz CT molecular complexity index is 1090. The number of nitrogens with zero attached hydrogens (tertiary/aromatic N) is 2. The van der Waals surface area contributed by atoms with Crippen molar-refractivity contribution in [1.82, 2.24) is 4.90 Å². The second-order valence-corrected chi connectivity index (χ2v) is 9.13. The lowest BCUT2D eigenvalue weighted by Crippen LogP contribution is -2.49. The summed E-state index contributed by atoms with van der Waals surface area (Å²) in [5.74, 6) is 0.573. The second kappa shape index (κ2) is 15.3. The third-order valence-corrected chi connectivity index (χ3v) is 6.67. The number of anilines is 2. The Labute approximate surface area is 238 Å². The van der Waals surface area contributed by atoms with Gasteiger partial charge in [0.1, 0.15) is 24.3 Å². The summed E-state index contributed by atoms with van der Waals surface area (Å²) in [7, 11) is 0. The molecule has 204 valence electrons. The molecule has 0 saturated carbocycles. The lowest BCUT2D eigenvalue weighted by molar-refractivity contribution is 0.0660. The highest BCUT2D eigenvalue weighted by atomic mass is 35.5. The van der Waals surface area contributed by atoms with Crippen molar-refractivity contribution in [2.45, 2.75) is 26.4 Å². The molecule has 0 bridgehead atoms. The Balaban J connectivity index is 0.00000228. The van der Waals surface area contributed by atoms with Crippen LogP contribution in [0.5, 0.6) is 5.75 Å². The predicted octanol–water partition coefficient (Wildman–Crippen LogP) is 5.44. The standard InChI is InChI=1S/C28H34FN3O2.3ClH/c1-20-21(2)28(12-11-27(20)30)34-19-26(33)18-31-13-15-32(16-14-31)25-9-5-23(6-10-25)17-22-3-7-24(29)8-4-22;;;/h3-12,26,33H,13-19,30H2,1-2H3;3*1H/t26-;;;/m0.../s1. The molecule has 0 aliphatic carbocycles. The molecule has 3 aromatic carbocycles. The summed E-state index contributed by atoms with van der Waals surface area (Å²) in [6.07, 6.45) is 0.249. The number of rotatable bonds is 8. The highest BCUT2D eigenvalue weighted by Gasteiger charge is 2.20. The molecular weight excluding hydrogens is 536 g/mol. The maximum absolute atomic E-state index is 13.1. The van der Waals surface area contributed by atoms with E-state index in [1.165, 1.54) is 23.4 Å². The molecule has 0 unspecified atom stereocenters. The number of β-amino-alcohol motifs (C(OH)–C–C–N with tert-alkyl or cyclic N) is 1. The number of halogens is 4. The molecule has 3 aromatic rings. The van der Waals surface area contributed by atoms with Gasteiger partial charge in [-0.2, -0.15) is 0 Å². The van der Waals surface area contributed by atoms with Gasteiger partial charge in [-0.3, -0.25) is 4.90 Å². The van der Waals surface area contributed by atoms with E-state index >= 15 is 0 Å². The van der Waals surface area contributed by atoms with E-state index in [1.807, 2.05) is 38.1 Å². The monoisotopic (exact) mass is 571 g/mol. The first-order valence-corrected chi connectivity index (χ1v) is 11.9. The van der Waals surface area contributed by atoms with Crippen molar-refractivity contribution in [3.05, 3.63) is 88.7 Å². The molecule has 4 rings (SSSR count). The minimum absolute atomic E-state index is 0. The van der Waals surface area contributed by atoms with Crippen LogP contribution in [0.25, 0.3) is 0 Å². The topological polar surface area (TPSA) is 62.0 Å². The van der Waals surface area contributed by atoms with Gasteiger partial charge >= 0.3 is 0 Å². The summed E-state index contributed by atoms with van der Waals surface area (Å²) in [6, 6.07) is 19.0. The molecule has 1 atom stereocenters. The number of aliphatic hydroxyl groups is 1. The average molecular weight is 573 g/mol. The quantitative estimate of drug-likeness (QED) is 0.352. The molecule has 1 aliphatic rings. The van der Waals surface area contributed by atoms with Crippen LogP contribution in [-0.4, -0.2) is 55.4 Å². The number of nitrogen functional groups attached to an aromatic ring is 1. The summed E-state index contributed by atoms with van der Waals surface area (Å²) in [6.45, 7) is 8.46. The molecular formula is C28H37Cl3FN3O2. The van der Waals surface area contributed by atoms with Gasteiger partial charge in [0.25, 0.3) is 0 Å². The Hall–Kier alpha value is -2.22. The van der Waals surface area contributed by atoms with Crippen molar-refractivity contribution in [3.63, 3.8) is 0 Å². The van der Waals surface area contributed by atoms with Crippen molar-refractivity contribution < 1.29 is 14.2 Å². The Morgan fingerprint density at radius 1 is 0.838 bits per heavy atom. The highest BCUT2D eigenvalue weighted by Crippen LogP contribution is 2.26. The second-order valence-electron chi connectivity index (χ2n) is 9.13. The van der Waals surface area contributed by atoms with Gasteiger partial charge in [0.05, 0.1) is 0 Å². The lowest BCUT2D eigenvalue weighted by Gasteiger charge is -2.37. The molecule has 9 heteroatoms. The molecule has 0 aromatic heterocycles. The van der Waals surface area contributed by atoms with Gasteiger partial charge in [-0.15, -0.1) is 37.2 Å². The van der Waals surface area contributed by atoms with E-state index in [-0.39, 0.29) is 49.6 Å². The largest absolute Gasteiger partial charge is 0.491 e. The zero-order valence-corrected chi connectivity index (χ0v) is 23.7. The van der Waals surface area contributed by atoms with Crippen LogP contribution < -0.4 is 15.4 Å². The molecule has 37 heavy (non-hydrogen) atoms. The van der Waals surface area contributed by atoms with E-state index in [0.29, 0.717) is 6.54 Å². The zero-order chi connectivity index (χ0) is 24.1. The fourth-order valence-corrected chi connectivity index (χ4v) is 4.36. The minimum Gasteiger partial charge on any atom is -0.491 e. The third-order valence-electron chi connectivity index (χ3n) is 6.67. The van der Waals surface area contributed by atoms with Crippen LogP contribution in [0, 0.1) is 19.7 Å². The van der Waals surface area contributed by atoms with Crippen LogP contribution in [0.2, 0.25) is 0 Å². The van der Waals surface area contributed by atoms with Crippen molar-refractivity contribution in [3.8, 4) is 5.75 Å². The summed E-state index contributed by atoms with van der Waals surface area (Å²) < 4.78 is 19.0. The third kappa shape index (κ3) is 8.94. The van der Waals surface area contributed by atoms with Gasteiger partial charge in [-0.25, -0.2) is 4.39 Å². The van der Waals surface area contributed by atoms with Crippen LogP contribution in [0.1, 0.15) is 22.3 Å². The number of hydrogen-bond donors (Lipinski definition) is 2. The molecule has 0 spiro atoms. The molecule has 0 radical (unpaired) electrons. The maximum atomic E-state index is 13.1. The molecule has 0 amide bonds. The van der Waals surface area contributed by atoms with Gasteiger partial charge in [-0.1, -0.05) is 24.3 Å². The van der Waals surface area contributed by atoms with Gasteiger partial charge in [0, 0.05) is 44.1 Å². The number of ether oxygens (including phenoxy) is 1. The molecule has 1 aliphatic heterocycles. The van der Waals surface area contributed by atoms with E-state index in [4.69, 9.17) is 10.5 Å². The molecule has 1 heterocycles. The lowest BCUT2D eigenvalue weighted by atomic mass is 10.0. The molecule has 3 N–H and O–H groups in total. The number of nitrogens with two attached hydrogens (primary N) is 1. The number of benzene rings is 3. The fourth-order valence-electron chi connectivity index (χ4n) is 4.36. The van der Waals surface area contributed by atoms with E-state index in [2.05, 4.69) is 34.1 Å². The van der Waals surface area contributed by atoms with Crippen LogP contribution in [-0.2, 0) is 6.42 Å². The average Bonchev–Trinajstić information content (AvgIpc) is 2.84. The number of hydrogen-bond acceptors (Lipinski definition) is 5. The van der Waals surface area contributed by atoms with Crippen molar-refractivity contribution in [2.75, 3.05) is 50.0 Å². The maximum Gasteiger partial charge on any atom is 0.123 e. The Kier molecular flexibility index (Phi) is 13.5. The predicted molar refractivity (Wildman–Crippen MR) is 158 cm³/mol. The van der Waals surface area contributed by atoms with Crippen LogP contribution in [0.15, 0.2) is 60.7 Å². The number of aliphatic hydroxyl groups excluding tert-OH is 1. The first-order chi connectivity index (χ1) is 16.4. The van der Waals surface area contributed by atoms with Crippen LogP contribution in [0.4, 0.5) is 15.8 Å². The van der Waals surface area contributed by atoms with Crippen molar-refractivity contribution in [2.24, 2.45) is 0 Å². The summed E-state index contributed by atoms with van der Waals surface area (Å²) >= 11 is 0. The zero-order valence-electron chi connectivity index (χ0n) is 21.2. The van der Waals surface area contributed by atoms with E-state index in [9.17, 15) is 9.50 Å². The molecule has 5 nitrogen and oxygen atoms in total. The fraction of sp³-hybridized carbons (Fsp3) is 0.357. The van der Waals surface area contributed by atoms with Crippen molar-refractivity contribution in [1.29, 1.82) is 0 Å². The van der Waals surface area contributed by atoms with Gasteiger partial charge in [0.15, 0.2) is 0 Å². The van der Waals surface area contributed by atoms with E-state index in [0.717, 1.165) is 60.7 Å². The first-order valence-electron chi connectivity index (χ1n) is 11.9. The van der Waals surface area contributed by atoms with Crippen LogP contribution in [0.3, 0.4) is 0 Å². The first kappa shape index (κ1) is 32.8.